The highest BCUT2D eigenvalue weighted by atomic mass is 14.9. The van der Waals surface area contributed by atoms with Crippen LogP contribution >= 0.6 is 0 Å². The summed E-state index contributed by atoms with van der Waals surface area (Å²) in [6.07, 6.45) is 3.75. The minimum absolute atomic E-state index is 0.702. The van der Waals surface area contributed by atoms with Crippen molar-refractivity contribution in [3.05, 3.63) is 48.0 Å². The first-order valence-corrected chi connectivity index (χ1v) is 5.33. The van der Waals surface area contributed by atoms with Gasteiger partial charge in [0.25, 0.3) is 0 Å². The fourth-order valence-electron chi connectivity index (χ4n) is 1.64. The largest absolute Gasteiger partial charge is 0.313 e. The van der Waals surface area contributed by atoms with Gasteiger partial charge in [-0.15, -0.1) is 0 Å². The van der Waals surface area contributed by atoms with E-state index in [4.69, 9.17) is 0 Å². The SMILES string of the molecule is CNCc1ncc(-c2ccccc2C)cn1. The predicted molar refractivity (Wildman–Crippen MR) is 65.0 cm³/mol. The summed E-state index contributed by atoms with van der Waals surface area (Å²) in [6.45, 7) is 2.80. The van der Waals surface area contributed by atoms with E-state index in [1.54, 1.807) is 0 Å². The maximum atomic E-state index is 4.31. The van der Waals surface area contributed by atoms with E-state index in [1.165, 1.54) is 11.1 Å². The van der Waals surface area contributed by atoms with Gasteiger partial charge in [0.15, 0.2) is 0 Å². The number of nitrogens with zero attached hydrogens (tertiary/aromatic N) is 2. The predicted octanol–water partition coefficient (Wildman–Crippen LogP) is 2.17. The summed E-state index contributed by atoms with van der Waals surface area (Å²) in [5.41, 5.74) is 3.50. The zero-order valence-corrected chi connectivity index (χ0v) is 9.57. The van der Waals surface area contributed by atoms with Crippen LogP contribution in [0.4, 0.5) is 0 Å². The number of benzene rings is 1. The Morgan fingerprint density at radius 1 is 1.12 bits per heavy atom. The first-order chi connectivity index (χ1) is 7.81. The summed E-state index contributed by atoms with van der Waals surface area (Å²) in [5, 5.41) is 3.03. The Morgan fingerprint density at radius 2 is 1.81 bits per heavy atom. The highest BCUT2D eigenvalue weighted by molar-refractivity contribution is 5.65. The van der Waals surface area contributed by atoms with Gasteiger partial charge in [0, 0.05) is 18.0 Å². The molecule has 0 atom stereocenters. The molecule has 0 amide bonds. The molecule has 1 aromatic carbocycles. The molecular formula is C13H15N3. The summed E-state index contributed by atoms with van der Waals surface area (Å²) >= 11 is 0. The van der Waals surface area contributed by atoms with E-state index in [1.807, 2.05) is 31.6 Å². The monoisotopic (exact) mass is 213 g/mol. The Kier molecular flexibility index (Phi) is 3.27. The van der Waals surface area contributed by atoms with Crippen LogP contribution < -0.4 is 5.32 Å². The molecule has 0 saturated heterocycles. The molecule has 0 bridgehead atoms. The zero-order chi connectivity index (χ0) is 11.4. The Bertz CT molecular complexity index is 463. The molecule has 1 heterocycles. The van der Waals surface area contributed by atoms with Gasteiger partial charge in [-0.3, -0.25) is 0 Å². The molecule has 1 N–H and O–H groups in total. The van der Waals surface area contributed by atoms with Crippen molar-refractivity contribution in [1.29, 1.82) is 0 Å². The number of hydrogen-bond donors (Lipinski definition) is 1. The summed E-state index contributed by atoms with van der Waals surface area (Å²) in [6, 6.07) is 8.25. The molecule has 2 aromatic rings. The van der Waals surface area contributed by atoms with E-state index >= 15 is 0 Å². The zero-order valence-electron chi connectivity index (χ0n) is 9.57. The van der Waals surface area contributed by atoms with Crippen molar-refractivity contribution in [3.8, 4) is 11.1 Å². The number of rotatable bonds is 3. The molecule has 0 aliphatic rings. The second-order valence-corrected chi connectivity index (χ2v) is 3.73. The molecule has 1 aromatic heterocycles. The van der Waals surface area contributed by atoms with E-state index in [-0.39, 0.29) is 0 Å². The molecule has 3 heteroatoms. The van der Waals surface area contributed by atoms with Gasteiger partial charge >= 0.3 is 0 Å². The number of hydrogen-bond acceptors (Lipinski definition) is 3. The van der Waals surface area contributed by atoms with Gasteiger partial charge in [-0.05, 0) is 25.1 Å². The van der Waals surface area contributed by atoms with Crippen molar-refractivity contribution < 1.29 is 0 Å². The molecule has 0 aliphatic heterocycles. The highest BCUT2D eigenvalue weighted by Crippen LogP contribution is 2.21. The van der Waals surface area contributed by atoms with Gasteiger partial charge in [0.2, 0.25) is 0 Å². The van der Waals surface area contributed by atoms with Crippen molar-refractivity contribution >= 4 is 0 Å². The van der Waals surface area contributed by atoms with Crippen LogP contribution in [0.2, 0.25) is 0 Å². The highest BCUT2D eigenvalue weighted by Gasteiger charge is 2.02. The molecule has 0 spiro atoms. The molecule has 0 fully saturated rings. The molecule has 3 nitrogen and oxygen atoms in total. The molecule has 0 aliphatic carbocycles. The molecule has 0 saturated carbocycles. The van der Waals surface area contributed by atoms with Crippen molar-refractivity contribution in [1.82, 2.24) is 15.3 Å². The molecule has 0 radical (unpaired) electrons. The lowest BCUT2D eigenvalue weighted by Crippen LogP contribution is -2.08. The lowest BCUT2D eigenvalue weighted by molar-refractivity contribution is 0.758. The topological polar surface area (TPSA) is 37.8 Å². The van der Waals surface area contributed by atoms with Gasteiger partial charge in [0.05, 0.1) is 6.54 Å². The third-order valence-corrected chi connectivity index (χ3v) is 2.50. The molecular weight excluding hydrogens is 198 g/mol. The standard InChI is InChI=1S/C13H15N3/c1-10-5-3-4-6-12(10)11-7-15-13(9-14-2)16-8-11/h3-8,14H,9H2,1-2H3. The molecule has 82 valence electrons. The second kappa shape index (κ2) is 4.86. The lowest BCUT2D eigenvalue weighted by atomic mass is 10.0. The maximum Gasteiger partial charge on any atom is 0.141 e. The van der Waals surface area contributed by atoms with E-state index < -0.39 is 0 Å². The average molecular weight is 213 g/mol. The third-order valence-electron chi connectivity index (χ3n) is 2.50. The van der Waals surface area contributed by atoms with Crippen LogP contribution in [-0.2, 0) is 6.54 Å². The van der Waals surface area contributed by atoms with Gasteiger partial charge in [-0.25, -0.2) is 9.97 Å². The van der Waals surface area contributed by atoms with E-state index in [0.717, 1.165) is 11.4 Å². The minimum atomic E-state index is 0.702. The maximum absolute atomic E-state index is 4.31. The van der Waals surface area contributed by atoms with E-state index in [2.05, 4.69) is 34.3 Å². The first kappa shape index (κ1) is 10.8. The molecule has 16 heavy (non-hydrogen) atoms. The van der Waals surface area contributed by atoms with Gasteiger partial charge in [-0.1, -0.05) is 24.3 Å². The number of aromatic nitrogens is 2. The van der Waals surface area contributed by atoms with Gasteiger partial charge in [0.1, 0.15) is 5.82 Å². The van der Waals surface area contributed by atoms with Crippen LogP contribution in [0.25, 0.3) is 11.1 Å². The minimum Gasteiger partial charge on any atom is -0.313 e. The van der Waals surface area contributed by atoms with E-state index in [0.29, 0.717) is 6.54 Å². The summed E-state index contributed by atoms with van der Waals surface area (Å²) < 4.78 is 0. The van der Waals surface area contributed by atoms with Crippen LogP contribution in [0.1, 0.15) is 11.4 Å². The normalized spacial score (nSPS) is 10.4. The molecule has 2 rings (SSSR count). The van der Waals surface area contributed by atoms with Gasteiger partial charge in [-0.2, -0.15) is 0 Å². The van der Waals surface area contributed by atoms with Crippen molar-refractivity contribution in [2.24, 2.45) is 0 Å². The van der Waals surface area contributed by atoms with Crippen LogP contribution in [0.3, 0.4) is 0 Å². The number of nitrogens with one attached hydrogen (secondary N) is 1. The van der Waals surface area contributed by atoms with Crippen LogP contribution in [0, 0.1) is 6.92 Å². The Morgan fingerprint density at radius 3 is 2.44 bits per heavy atom. The summed E-state index contributed by atoms with van der Waals surface area (Å²) in [4.78, 5) is 8.62. The third kappa shape index (κ3) is 2.25. The summed E-state index contributed by atoms with van der Waals surface area (Å²) in [5.74, 6) is 0.819. The van der Waals surface area contributed by atoms with Crippen molar-refractivity contribution in [2.45, 2.75) is 13.5 Å². The quantitative estimate of drug-likeness (QED) is 0.849. The Hall–Kier alpha value is -1.74. The van der Waals surface area contributed by atoms with Crippen LogP contribution in [-0.4, -0.2) is 17.0 Å². The fraction of sp³-hybridized carbons (Fsp3) is 0.231. The van der Waals surface area contributed by atoms with Crippen molar-refractivity contribution in [2.75, 3.05) is 7.05 Å². The van der Waals surface area contributed by atoms with Crippen LogP contribution in [0.5, 0.6) is 0 Å². The smallest absolute Gasteiger partial charge is 0.141 e. The second-order valence-electron chi connectivity index (χ2n) is 3.73. The van der Waals surface area contributed by atoms with Gasteiger partial charge < -0.3 is 5.32 Å². The Labute approximate surface area is 95.6 Å². The summed E-state index contributed by atoms with van der Waals surface area (Å²) in [7, 11) is 1.89. The van der Waals surface area contributed by atoms with Crippen LogP contribution in [0.15, 0.2) is 36.7 Å². The lowest BCUT2D eigenvalue weighted by Gasteiger charge is -2.05. The average Bonchev–Trinajstić information content (AvgIpc) is 2.31. The fourth-order valence-corrected chi connectivity index (χ4v) is 1.64. The first-order valence-electron chi connectivity index (χ1n) is 5.33. The van der Waals surface area contributed by atoms with E-state index in [9.17, 15) is 0 Å². The van der Waals surface area contributed by atoms with Crippen molar-refractivity contribution in [3.63, 3.8) is 0 Å². The molecule has 0 unspecified atom stereocenters. The Balaban J connectivity index is 2.31. The number of aryl methyl sites for hydroxylation is 1.